The van der Waals surface area contributed by atoms with Gasteiger partial charge >= 0.3 is 6.18 Å². The van der Waals surface area contributed by atoms with E-state index in [4.69, 9.17) is 4.52 Å². The van der Waals surface area contributed by atoms with Crippen molar-refractivity contribution >= 4 is 22.2 Å². The average Bonchev–Trinajstić information content (AvgIpc) is 3.65. The van der Waals surface area contributed by atoms with Gasteiger partial charge in [0.2, 0.25) is 0 Å². The summed E-state index contributed by atoms with van der Waals surface area (Å²) in [5.74, 6) is -0.676. The van der Waals surface area contributed by atoms with E-state index in [0.717, 1.165) is 61.8 Å². The third-order valence-corrected chi connectivity index (χ3v) is 8.26. The molecule has 0 amide bonds. The van der Waals surface area contributed by atoms with Crippen molar-refractivity contribution in [2.45, 2.75) is 44.2 Å². The molecule has 39 heavy (non-hydrogen) atoms. The molecule has 4 heterocycles. The lowest BCUT2D eigenvalue weighted by Crippen LogP contribution is -2.42. The van der Waals surface area contributed by atoms with Gasteiger partial charge in [0, 0.05) is 41.8 Å². The molecule has 0 bridgehead atoms. The number of hydrogen-bond donors (Lipinski definition) is 0. The zero-order valence-corrected chi connectivity index (χ0v) is 20.7. The van der Waals surface area contributed by atoms with Crippen molar-refractivity contribution in [3.8, 4) is 11.3 Å². The quantitative estimate of drug-likeness (QED) is 0.252. The molecule has 0 radical (unpaired) electrons. The highest BCUT2D eigenvalue weighted by Gasteiger charge is 2.44. The topological polar surface area (TPSA) is 55.1 Å². The number of hydrogen-bond acceptors (Lipinski definition) is 5. The van der Waals surface area contributed by atoms with E-state index in [2.05, 4.69) is 26.1 Å². The normalized spacial score (nSPS) is 18.9. The van der Waals surface area contributed by atoms with Crippen LogP contribution in [0.5, 0.6) is 0 Å². The van der Waals surface area contributed by atoms with E-state index >= 15 is 0 Å². The number of halogens is 5. The third kappa shape index (κ3) is 4.08. The third-order valence-electron chi connectivity index (χ3n) is 8.26. The second kappa shape index (κ2) is 8.59. The highest BCUT2D eigenvalue weighted by atomic mass is 19.4. The van der Waals surface area contributed by atoms with Gasteiger partial charge in [0.15, 0.2) is 11.6 Å². The van der Waals surface area contributed by atoms with E-state index in [1.165, 1.54) is 6.20 Å². The van der Waals surface area contributed by atoms with Crippen molar-refractivity contribution in [2.24, 2.45) is 5.41 Å². The molecule has 0 unspecified atom stereocenters. The lowest BCUT2D eigenvalue weighted by Gasteiger charge is -2.47. The lowest BCUT2D eigenvalue weighted by atomic mass is 9.63. The highest BCUT2D eigenvalue weighted by molar-refractivity contribution is 5.87. The molecule has 1 spiro atoms. The number of anilines is 1. The van der Waals surface area contributed by atoms with Crippen LogP contribution in [0.15, 0.2) is 53.5 Å². The Hall–Kier alpha value is -3.82. The Morgan fingerprint density at radius 1 is 0.974 bits per heavy atom. The summed E-state index contributed by atoms with van der Waals surface area (Å²) >= 11 is 0. The molecule has 2 fully saturated rings. The Bertz CT molecular complexity index is 1610. The molecule has 0 N–H and O–H groups in total. The lowest BCUT2D eigenvalue weighted by molar-refractivity contribution is -0.136. The number of nitrogens with zero attached hydrogens (tertiary/aromatic N) is 4. The Labute approximate surface area is 220 Å². The minimum Gasteiger partial charge on any atom is -0.371 e. The number of fused-ring (bicyclic) bond motifs is 1. The molecule has 2 aliphatic carbocycles. The van der Waals surface area contributed by atoms with Gasteiger partial charge < -0.3 is 9.42 Å². The zero-order valence-electron chi connectivity index (χ0n) is 20.7. The fourth-order valence-electron chi connectivity index (χ4n) is 6.04. The van der Waals surface area contributed by atoms with Gasteiger partial charge in [-0.3, -0.25) is 9.97 Å². The van der Waals surface area contributed by atoms with Crippen molar-refractivity contribution in [2.75, 3.05) is 18.0 Å². The first-order chi connectivity index (χ1) is 18.7. The molecule has 1 saturated carbocycles. The molecule has 4 aromatic rings. The Kier molecular flexibility index (Phi) is 5.34. The maximum Gasteiger partial charge on any atom is 0.417 e. The fourth-order valence-corrected chi connectivity index (χ4v) is 6.04. The fraction of sp³-hybridized carbons (Fsp3) is 0.345. The first kappa shape index (κ1) is 24.2. The summed E-state index contributed by atoms with van der Waals surface area (Å²) in [5, 5.41) is 4.18. The number of pyridine rings is 2. The Morgan fingerprint density at radius 2 is 1.69 bits per heavy atom. The minimum atomic E-state index is -4.46. The molecule has 200 valence electrons. The maximum atomic E-state index is 14.6. The van der Waals surface area contributed by atoms with Crippen molar-refractivity contribution in [1.29, 1.82) is 0 Å². The van der Waals surface area contributed by atoms with Crippen LogP contribution in [0, 0.1) is 17.0 Å². The van der Waals surface area contributed by atoms with Gasteiger partial charge in [-0.15, -0.1) is 0 Å². The van der Waals surface area contributed by atoms with E-state index in [9.17, 15) is 22.0 Å². The maximum absolute atomic E-state index is 14.6. The summed E-state index contributed by atoms with van der Waals surface area (Å²) in [4.78, 5) is 9.78. The van der Waals surface area contributed by atoms with Crippen LogP contribution in [0.2, 0.25) is 0 Å². The second-order valence-electron chi connectivity index (χ2n) is 10.8. The van der Waals surface area contributed by atoms with Gasteiger partial charge in [-0.25, -0.2) is 8.78 Å². The number of piperidine rings is 1. The molecular weight excluding hydrogens is 515 g/mol. The predicted molar refractivity (Wildman–Crippen MR) is 135 cm³/mol. The van der Waals surface area contributed by atoms with Gasteiger partial charge in [0.1, 0.15) is 11.5 Å². The summed E-state index contributed by atoms with van der Waals surface area (Å²) in [6.45, 7) is 1.35. The van der Waals surface area contributed by atoms with Crippen LogP contribution in [0.25, 0.3) is 27.7 Å². The van der Waals surface area contributed by atoms with Crippen LogP contribution in [0.4, 0.5) is 27.6 Å². The molecule has 3 aliphatic rings. The van der Waals surface area contributed by atoms with Crippen molar-refractivity contribution < 1.29 is 26.5 Å². The molecule has 1 saturated heterocycles. The Balaban J connectivity index is 1.15. The van der Waals surface area contributed by atoms with Crippen molar-refractivity contribution in [1.82, 2.24) is 15.1 Å². The van der Waals surface area contributed by atoms with Crippen LogP contribution >= 0.6 is 0 Å². The average molecular weight is 539 g/mol. The largest absolute Gasteiger partial charge is 0.417 e. The first-order valence-corrected chi connectivity index (χ1v) is 12.9. The van der Waals surface area contributed by atoms with Crippen LogP contribution < -0.4 is 4.90 Å². The monoisotopic (exact) mass is 538 g/mol. The molecular formula is C29H23F5N4O. The van der Waals surface area contributed by atoms with Crippen LogP contribution in [-0.2, 0) is 6.18 Å². The Morgan fingerprint density at radius 3 is 2.36 bits per heavy atom. The smallest absolute Gasteiger partial charge is 0.371 e. The van der Waals surface area contributed by atoms with Crippen molar-refractivity contribution in [3.63, 3.8) is 0 Å². The number of allylic oxidation sites excluding steroid dienone is 2. The van der Waals surface area contributed by atoms with Crippen molar-refractivity contribution in [3.05, 3.63) is 77.5 Å². The summed E-state index contributed by atoms with van der Waals surface area (Å²) in [6.07, 6.45) is 5.10. The summed E-state index contributed by atoms with van der Waals surface area (Å²) in [5.41, 5.74) is 1.90. The number of alkyl halides is 3. The molecule has 0 atom stereocenters. The second-order valence-corrected chi connectivity index (χ2v) is 10.8. The van der Waals surface area contributed by atoms with E-state index in [1.807, 2.05) is 6.07 Å². The van der Waals surface area contributed by atoms with Crippen LogP contribution in [0.3, 0.4) is 0 Å². The summed E-state index contributed by atoms with van der Waals surface area (Å²) < 4.78 is 75.5. The minimum absolute atomic E-state index is 0.0773. The molecule has 1 aliphatic heterocycles. The highest BCUT2D eigenvalue weighted by Crippen LogP contribution is 2.56. The number of aromatic nitrogens is 3. The summed E-state index contributed by atoms with van der Waals surface area (Å²) in [7, 11) is 0. The molecule has 1 aromatic carbocycles. The zero-order chi connectivity index (χ0) is 26.9. The standard InChI is InChI=1S/C29H23F5N4O/c30-21-14-35-15-22(31)25(21)26-24(27(39-37-26)16-1-2-16)17-12-28(13-17)6-9-38(10-7-28)18-3-4-23-19(11-18)20(5-8-36-23)29(32,33)34/h3-5,8,11-12,14-16H,1-2,6-7,9-10,13H2. The first-order valence-electron chi connectivity index (χ1n) is 12.9. The molecule has 3 aromatic heterocycles. The predicted octanol–water partition coefficient (Wildman–Crippen LogP) is 7.53. The van der Waals surface area contributed by atoms with Gasteiger partial charge in [0.25, 0.3) is 0 Å². The molecule has 5 nitrogen and oxygen atoms in total. The van der Waals surface area contributed by atoms with Crippen LogP contribution in [0.1, 0.15) is 54.9 Å². The van der Waals surface area contributed by atoms with E-state index < -0.39 is 23.4 Å². The van der Waals surface area contributed by atoms with E-state index in [0.29, 0.717) is 29.9 Å². The molecule has 10 heteroatoms. The van der Waals surface area contributed by atoms with Gasteiger partial charge in [-0.05, 0) is 67.4 Å². The summed E-state index contributed by atoms with van der Waals surface area (Å²) in [6, 6.07) is 6.04. The van der Waals surface area contributed by atoms with Gasteiger partial charge in [-0.1, -0.05) is 11.2 Å². The van der Waals surface area contributed by atoms with Gasteiger partial charge in [-0.2, -0.15) is 13.2 Å². The number of rotatable bonds is 4. The SMILES string of the molecule is Fc1cncc(F)c1-c1noc(C2CC2)c1C1=CC2(CCN(c3ccc4nccc(C(F)(F)F)c4c3)CC2)C1. The van der Waals surface area contributed by atoms with Crippen LogP contribution in [-0.4, -0.2) is 28.2 Å². The van der Waals surface area contributed by atoms with E-state index in [-0.39, 0.29) is 28.0 Å². The number of benzene rings is 1. The van der Waals surface area contributed by atoms with Gasteiger partial charge in [0.05, 0.1) is 29.0 Å². The molecule has 7 rings (SSSR count). The van der Waals surface area contributed by atoms with E-state index in [1.54, 1.807) is 12.1 Å².